The minimum atomic E-state index is -0.207. The maximum absolute atomic E-state index is 11.7. The lowest BCUT2D eigenvalue weighted by Crippen LogP contribution is -2.19. The van der Waals surface area contributed by atoms with Gasteiger partial charge in [-0.2, -0.15) is 4.98 Å². The molecule has 7 heteroatoms. The number of nitrogens with zero attached hydrogens (tertiary/aromatic N) is 2. The summed E-state index contributed by atoms with van der Waals surface area (Å²) in [7, 11) is 1.56. The molecule has 0 saturated heterocycles. The Balaban J connectivity index is 2.38. The van der Waals surface area contributed by atoms with Crippen molar-refractivity contribution in [2.24, 2.45) is 0 Å². The molecule has 0 fully saturated rings. The highest BCUT2D eigenvalue weighted by Crippen LogP contribution is 2.25. The number of halogens is 1. The average Bonchev–Trinajstić information content (AvgIpc) is 2.42. The number of hydrogen-bond donors (Lipinski definition) is 3. The Kier molecular flexibility index (Phi) is 3.82. The minimum absolute atomic E-state index is 0.101. The Bertz CT molecular complexity index is 617. The van der Waals surface area contributed by atoms with Gasteiger partial charge < -0.3 is 16.4 Å². The summed E-state index contributed by atoms with van der Waals surface area (Å²) in [4.78, 5) is 19.5. The summed E-state index contributed by atoms with van der Waals surface area (Å²) in [5, 5.41) is 5.86. The van der Waals surface area contributed by atoms with E-state index in [0.717, 1.165) is 0 Å². The topological polar surface area (TPSA) is 92.9 Å². The summed E-state index contributed by atoms with van der Waals surface area (Å²) in [5.74, 6) is 0.246. The van der Waals surface area contributed by atoms with E-state index in [0.29, 0.717) is 22.1 Å². The largest absolute Gasteiger partial charge is 0.368 e. The zero-order chi connectivity index (χ0) is 13.8. The Morgan fingerprint density at radius 1 is 1.37 bits per heavy atom. The first kappa shape index (κ1) is 13.1. The van der Waals surface area contributed by atoms with E-state index in [2.05, 4.69) is 20.6 Å². The number of carbonyl (C=O) groups is 1. The summed E-state index contributed by atoms with van der Waals surface area (Å²) in [5.41, 5.74) is 6.57. The van der Waals surface area contributed by atoms with Crippen LogP contribution in [0.3, 0.4) is 0 Å². The molecular weight excluding hydrogens is 266 g/mol. The summed E-state index contributed by atoms with van der Waals surface area (Å²) in [6.45, 7) is 0. The van der Waals surface area contributed by atoms with Crippen LogP contribution >= 0.6 is 11.6 Å². The molecule has 1 amide bonds. The molecule has 98 valence electrons. The van der Waals surface area contributed by atoms with Crippen molar-refractivity contribution in [1.82, 2.24) is 15.3 Å². The van der Waals surface area contributed by atoms with E-state index in [4.69, 9.17) is 17.3 Å². The fourth-order valence-electron chi connectivity index (χ4n) is 1.52. The first-order valence-corrected chi connectivity index (χ1v) is 5.85. The SMILES string of the molecule is CNC(=O)c1ccccc1Nc1nc(N)ncc1Cl. The molecule has 0 aliphatic carbocycles. The van der Waals surface area contributed by atoms with Crippen molar-refractivity contribution >= 4 is 35.0 Å². The predicted molar refractivity (Wildman–Crippen MR) is 74.6 cm³/mol. The van der Waals surface area contributed by atoms with E-state index in [9.17, 15) is 4.79 Å². The lowest BCUT2D eigenvalue weighted by atomic mass is 10.1. The van der Waals surface area contributed by atoms with Crippen molar-refractivity contribution in [2.45, 2.75) is 0 Å². The first-order chi connectivity index (χ1) is 9.11. The normalized spacial score (nSPS) is 10.0. The highest BCUT2D eigenvalue weighted by atomic mass is 35.5. The molecule has 0 unspecified atom stereocenters. The molecule has 0 spiro atoms. The van der Waals surface area contributed by atoms with Gasteiger partial charge in [0.2, 0.25) is 5.95 Å². The average molecular weight is 278 g/mol. The molecule has 0 aliphatic rings. The molecule has 4 N–H and O–H groups in total. The minimum Gasteiger partial charge on any atom is -0.368 e. The quantitative estimate of drug-likeness (QED) is 0.796. The van der Waals surface area contributed by atoms with E-state index >= 15 is 0 Å². The molecule has 0 aliphatic heterocycles. The molecule has 0 atom stereocenters. The molecule has 2 aromatic rings. The highest BCUT2D eigenvalue weighted by Gasteiger charge is 2.11. The number of benzene rings is 1. The van der Waals surface area contributed by atoms with Crippen LogP contribution in [0.5, 0.6) is 0 Å². The monoisotopic (exact) mass is 277 g/mol. The number of hydrogen-bond acceptors (Lipinski definition) is 5. The smallest absolute Gasteiger partial charge is 0.253 e. The third kappa shape index (κ3) is 2.92. The fourth-order valence-corrected chi connectivity index (χ4v) is 1.66. The van der Waals surface area contributed by atoms with Gasteiger partial charge >= 0.3 is 0 Å². The molecule has 19 heavy (non-hydrogen) atoms. The van der Waals surface area contributed by atoms with Crippen LogP contribution in [0.2, 0.25) is 5.02 Å². The number of nitrogens with one attached hydrogen (secondary N) is 2. The Morgan fingerprint density at radius 3 is 2.84 bits per heavy atom. The molecule has 1 aromatic carbocycles. The van der Waals surface area contributed by atoms with Gasteiger partial charge in [-0.25, -0.2) is 4.98 Å². The van der Waals surface area contributed by atoms with E-state index in [1.54, 1.807) is 31.3 Å². The van der Waals surface area contributed by atoms with Crippen molar-refractivity contribution in [3.05, 3.63) is 41.0 Å². The molecule has 2 rings (SSSR count). The van der Waals surface area contributed by atoms with Gasteiger partial charge in [0.05, 0.1) is 17.4 Å². The second kappa shape index (κ2) is 5.53. The van der Waals surface area contributed by atoms with Crippen molar-refractivity contribution in [2.75, 3.05) is 18.1 Å². The maximum atomic E-state index is 11.7. The van der Waals surface area contributed by atoms with Gasteiger partial charge in [-0.05, 0) is 12.1 Å². The first-order valence-electron chi connectivity index (χ1n) is 5.48. The van der Waals surface area contributed by atoms with Crippen molar-refractivity contribution in [3.8, 4) is 0 Å². The number of anilines is 3. The molecular formula is C12H12ClN5O. The summed E-state index contributed by atoms with van der Waals surface area (Å²) < 4.78 is 0. The van der Waals surface area contributed by atoms with Gasteiger partial charge in [-0.15, -0.1) is 0 Å². The van der Waals surface area contributed by atoms with Gasteiger partial charge in [-0.3, -0.25) is 4.79 Å². The number of nitrogens with two attached hydrogens (primary N) is 1. The van der Waals surface area contributed by atoms with Crippen LogP contribution in [0.25, 0.3) is 0 Å². The van der Waals surface area contributed by atoms with Gasteiger partial charge in [-0.1, -0.05) is 23.7 Å². The summed E-state index contributed by atoms with van der Waals surface area (Å²) in [6, 6.07) is 7.01. The summed E-state index contributed by atoms with van der Waals surface area (Å²) >= 11 is 5.97. The van der Waals surface area contributed by atoms with Gasteiger partial charge in [0.15, 0.2) is 5.82 Å². The second-order valence-electron chi connectivity index (χ2n) is 3.67. The van der Waals surface area contributed by atoms with Crippen LogP contribution in [0, 0.1) is 0 Å². The Hall–Kier alpha value is -2.34. The van der Waals surface area contributed by atoms with Crippen molar-refractivity contribution in [1.29, 1.82) is 0 Å². The van der Waals surface area contributed by atoms with Crippen LogP contribution in [-0.4, -0.2) is 22.9 Å². The van der Waals surface area contributed by atoms with Crippen molar-refractivity contribution < 1.29 is 4.79 Å². The fraction of sp³-hybridized carbons (Fsp3) is 0.0833. The lowest BCUT2D eigenvalue weighted by Gasteiger charge is -2.11. The van der Waals surface area contributed by atoms with Crippen molar-refractivity contribution in [3.63, 3.8) is 0 Å². The van der Waals surface area contributed by atoms with Gasteiger partial charge in [0.25, 0.3) is 5.91 Å². The van der Waals surface area contributed by atoms with Crippen LogP contribution in [0.15, 0.2) is 30.5 Å². The van der Waals surface area contributed by atoms with E-state index in [1.807, 2.05) is 0 Å². The van der Waals surface area contributed by atoms with Crippen LogP contribution in [0.4, 0.5) is 17.5 Å². The number of amides is 1. The van der Waals surface area contributed by atoms with E-state index in [1.165, 1.54) is 6.20 Å². The number of aromatic nitrogens is 2. The van der Waals surface area contributed by atoms with Crippen LogP contribution in [0.1, 0.15) is 10.4 Å². The van der Waals surface area contributed by atoms with E-state index < -0.39 is 0 Å². The summed E-state index contributed by atoms with van der Waals surface area (Å²) in [6.07, 6.45) is 1.40. The maximum Gasteiger partial charge on any atom is 0.253 e. The Labute approximate surface area is 115 Å². The zero-order valence-corrected chi connectivity index (χ0v) is 10.9. The molecule has 6 nitrogen and oxygen atoms in total. The van der Waals surface area contributed by atoms with Gasteiger partial charge in [0, 0.05) is 7.05 Å². The number of para-hydroxylation sites is 1. The van der Waals surface area contributed by atoms with Crippen LogP contribution < -0.4 is 16.4 Å². The number of nitrogen functional groups attached to an aromatic ring is 1. The van der Waals surface area contributed by atoms with Gasteiger partial charge in [0.1, 0.15) is 5.02 Å². The Morgan fingerprint density at radius 2 is 2.11 bits per heavy atom. The second-order valence-corrected chi connectivity index (χ2v) is 4.08. The highest BCUT2D eigenvalue weighted by molar-refractivity contribution is 6.33. The molecule has 0 radical (unpaired) electrons. The third-order valence-corrected chi connectivity index (χ3v) is 2.69. The zero-order valence-electron chi connectivity index (χ0n) is 10.1. The van der Waals surface area contributed by atoms with Crippen LogP contribution in [-0.2, 0) is 0 Å². The number of carbonyl (C=O) groups excluding carboxylic acids is 1. The molecule has 0 bridgehead atoms. The third-order valence-electron chi connectivity index (χ3n) is 2.41. The standard InChI is InChI=1S/C12H12ClN5O/c1-15-11(19)7-4-2-3-5-9(7)17-10-8(13)6-16-12(14)18-10/h2-6H,1H3,(H,15,19)(H3,14,16,17,18). The van der Waals surface area contributed by atoms with E-state index in [-0.39, 0.29) is 11.9 Å². The molecule has 0 saturated carbocycles. The predicted octanol–water partition coefficient (Wildman–Crippen LogP) is 1.82. The number of rotatable bonds is 3. The lowest BCUT2D eigenvalue weighted by molar-refractivity contribution is 0.0964. The molecule has 1 heterocycles. The molecule has 1 aromatic heterocycles.